The van der Waals surface area contributed by atoms with Crippen LogP contribution in [0.25, 0.3) is 0 Å². The number of urea groups is 1. The van der Waals surface area contributed by atoms with Crippen LogP contribution >= 0.6 is 0 Å². The topological polar surface area (TPSA) is 80.7 Å². The van der Waals surface area contributed by atoms with Crippen molar-refractivity contribution in [3.63, 3.8) is 0 Å². The van der Waals surface area contributed by atoms with Crippen LogP contribution in [0.15, 0.2) is 30.7 Å². The van der Waals surface area contributed by atoms with Gasteiger partial charge in [0, 0.05) is 51.7 Å². The molecule has 2 fully saturated rings. The van der Waals surface area contributed by atoms with Crippen LogP contribution in [-0.4, -0.2) is 78.2 Å². The van der Waals surface area contributed by atoms with Gasteiger partial charge in [-0.15, -0.1) is 0 Å². The molecule has 2 aromatic heterocycles. The van der Waals surface area contributed by atoms with E-state index in [1.165, 1.54) is 0 Å². The van der Waals surface area contributed by atoms with E-state index in [4.69, 9.17) is 4.98 Å². The number of rotatable bonds is 2. The second-order valence-electron chi connectivity index (χ2n) is 7.58. The Hall–Kier alpha value is -2.94. The lowest BCUT2D eigenvalue weighted by Crippen LogP contribution is -2.49. The molecule has 1 N–H and O–H groups in total. The summed E-state index contributed by atoms with van der Waals surface area (Å²) in [4.78, 5) is 35.0. The molecule has 0 radical (unpaired) electrons. The van der Waals surface area contributed by atoms with Crippen LogP contribution in [0.1, 0.15) is 6.42 Å². The molecule has 28 heavy (non-hydrogen) atoms. The minimum Gasteiger partial charge on any atom is -0.366 e. The van der Waals surface area contributed by atoms with Gasteiger partial charge in [0.1, 0.15) is 5.82 Å². The second-order valence-corrected chi connectivity index (χ2v) is 7.58. The molecule has 3 aliphatic rings. The minimum absolute atomic E-state index is 0.124. The fourth-order valence-corrected chi connectivity index (χ4v) is 4.21. The number of carbonyl (C=O) groups is 1. The van der Waals surface area contributed by atoms with Crippen LogP contribution in [0.5, 0.6) is 0 Å². The van der Waals surface area contributed by atoms with Gasteiger partial charge >= 0.3 is 6.03 Å². The molecule has 5 heterocycles. The van der Waals surface area contributed by atoms with Crippen molar-refractivity contribution in [2.45, 2.75) is 12.5 Å². The average molecular weight is 380 g/mol. The highest BCUT2D eigenvalue weighted by molar-refractivity contribution is 6.04. The molecule has 9 heteroatoms. The first-order chi connectivity index (χ1) is 13.7. The highest BCUT2D eigenvalue weighted by Gasteiger charge is 2.40. The summed E-state index contributed by atoms with van der Waals surface area (Å²) in [5, 5.41) is 2.87. The zero-order valence-electron chi connectivity index (χ0n) is 16.0. The van der Waals surface area contributed by atoms with Crippen molar-refractivity contribution in [1.82, 2.24) is 19.9 Å². The van der Waals surface area contributed by atoms with Gasteiger partial charge < -0.3 is 14.7 Å². The Balaban J connectivity index is 1.46. The van der Waals surface area contributed by atoms with E-state index in [-0.39, 0.29) is 12.1 Å². The third kappa shape index (κ3) is 3.01. The first-order valence-electron chi connectivity index (χ1n) is 9.75. The average Bonchev–Trinajstić information content (AvgIpc) is 3.13. The largest absolute Gasteiger partial charge is 0.366 e. The number of likely N-dealkylation sites (N-methyl/N-ethyl adjacent to an activating group) is 1. The number of aromatic nitrogens is 3. The van der Waals surface area contributed by atoms with Crippen molar-refractivity contribution in [2.24, 2.45) is 0 Å². The summed E-state index contributed by atoms with van der Waals surface area (Å²) in [6.45, 7) is 5.72. The Morgan fingerprint density at radius 1 is 1.11 bits per heavy atom. The van der Waals surface area contributed by atoms with Gasteiger partial charge in [0.25, 0.3) is 0 Å². The number of anilines is 4. The first-order valence-corrected chi connectivity index (χ1v) is 9.75. The summed E-state index contributed by atoms with van der Waals surface area (Å²) < 4.78 is 0. The van der Waals surface area contributed by atoms with E-state index in [0.717, 1.165) is 63.0 Å². The summed E-state index contributed by atoms with van der Waals surface area (Å²) in [5.74, 6) is 2.13. The fraction of sp³-hybridized carbons (Fsp3) is 0.474. The van der Waals surface area contributed by atoms with Crippen molar-refractivity contribution in [2.75, 3.05) is 66.3 Å². The van der Waals surface area contributed by atoms with Crippen LogP contribution in [-0.2, 0) is 0 Å². The maximum atomic E-state index is 13.1. The molecular formula is C19H24N8O. The summed E-state index contributed by atoms with van der Waals surface area (Å²) in [5.41, 5.74) is 1.03. The molecule has 0 saturated carbocycles. The van der Waals surface area contributed by atoms with Crippen LogP contribution in [0, 0.1) is 0 Å². The van der Waals surface area contributed by atoms with Gasteiger partial charge in [-0.05, 0) is 25.6 Å². The van der Waals surface area contributed by atoms with E-state index < -0.39 is 0 Å². The normalized spacial score (nSPS) is 21.6. The number of amides is 2. The van der Waals surface area contributed by atoms with Crippen molar-refractivity contribution < 1.29 is 4.79 Å². The number of nitrogens with zero attached hydrogens (tertiary/aromatic N) is 7. The predicted octanol–water partition coefficient (Wildman–Crippen LogP) is 1.25. The van der Waals surface area contributed by atoms with Crippen molar-refractivity contribution in [3.05, 3.63) is 30.7 Å². The zero-order chi connectivity index (χ0) is 19.1. The monoisotopic (exact) mass is 380 g/mol. The number of hydrogen-bond acceptors (Lipinski definition) is 7. The summed E-state index contributed by atoms with van der Waals surface area (Å²) >= 11 is 0. The van der Waals surface area contributed by atoms with Gasteiger partial charge in [-0.25, -0.2) is 14.8 Å². The third-order valence-electron chi connectivity index (χ3n) is 5.78. The van der Waals surface area contributed by atoms with Crippen LogP contribution in [0.4, 0.5) is 27.9 Å². The highest BCUT2D eigenvalue weighted by Crippen LogP contribution is 2.40. The lowest BCUT2D eigenvalue weighted by atomic mass is 10.2. The Morgan fingerprint density at radius 2 is 1.96 bits per heavy atom. The smallest absolute Gasteiger partial charge is 0.329 e. The number of hydrogen-bond donors (Lipinski definition) is 1. The molecule has 2 bridgehead atoms. The Kier molecular flexibility index (Phi) is 4.23. The number of nitrogens with one attached hydrogen (secondary N) is 1. The standard InChI is InChI=1S/C19H24N8O/c1-24-8-10-25(11-9-24)17-3-2-15-18(23-17)27(14-4-7-26(15)13-14)19(28)22-16-12-20-5-6-21-16/h2-3,5-6,12,14H,4,7-11,13H2,1H3,(H,21,22,28). The van der Waals surface area contributed by atoms with E-state index in [1.54, 1.807) is 18.6 Å². The molecule has 0 aliphatic carbocycles. The Morgan fingerprint density at radius 3 is 2.75 bits per heavy atom. The number of carbonyl (C=O) groups excluding carboxylic acids is 1. The van der Waals surface area contributed by atoms with Gasteiger partial charge in [-0.1, -0.05) is 0 Å². The molecule has 5 rings (SSSR count). The van der Waals surface area contributed by atoms with Crippen molar-refractivity contribution in [1.29, 1.82) is 0 Å². The number of fused-ring (bicyclic) bond motifs is 4. The lowest BCUT2D eigenvalue weighted by Gasteiger charge is -2.37. The first kappa shape index (κ1) is 17.2. The molecule has 3 aliphatic heterocycles. The van der Waals surface area contributed by atoms with Gasteiger partial charge in [0.2, 0.25) is 0 Å². The van der Waals surface area contributed by atoms with Crippen molar-refractivity contribution >= 4 is 29.2 Å². The molecule has 0 spiro atoms. The maximum Gasteiger partial charge on any atom is 0.329 e. The molecular weight excluding hydrogens is 356 g/mol. The maximum absolute atomic E-state index is 13.1. The number of pyridine rings is 1. The quantitative estimate of drug-likeness (QED) is 0.840. The molecule has 0 aromatic carbocycles. The minimum atomic E-state index is -0.198. The van der Waals surface area contributed by atoms with Gasteiger partial charge in [0.15, 0.2) is 11.6 Å². The third-order valence-corrected chi connectivity index (χ3v) is 5.78. The molecule has 9 nitrogen and oxygen atoms in total. The number of piperazine rings is 1. The summed E-state index contributed by atoms with van der Waals surface area (Å²) in [6.07, 6.45) is 5.65. The molecule has 2 amide bonds. The van der Waals surface area contributed by atoms with E-state index in [9.17, 15) is 4.79 Å². The van der Waals surface area contributed by atoms with Gasteiger partial charge in [0.05, 0.1) is 17.9 Å². The van der Waals surface area contributed by atoms with E-state index in [2.05, 4.69) is 49.2 Å². The van der Waals surface area contributed by atoms with E-state index >= 15 is 0 Å². The lowest BCUT2D eigenvalue weighted by molar-refractivity contribution is 0.254. The summed E-state index contributed by atoms with van der Waals surface area (Å²) in [7, 11) is 2.14. The van der Waals surface area contributed by atoms with Crippen LogP contribution in [0.2, 0.25) is 0 Å². The molecule has 146 valence electrons. The van der Waals surface area contributed by atoms with Crippen LogP contribution in [0.3, 0.4) is 0 Å². The highest BCUT2D eigenvalue weighted by atomic mass is 16.2. The van der Waals surface area contributed by atoms with Gasteiger partial charge in [-0.3, -0.25) is 15.2 Å². The molecule has 1 atom stereocenters. The SMILES string of the molecule is CN1CCN(c2ccc3c(n2)N(C(=O)Nc2cnccn2)C2CCN3C2)CC1. The molecule has 2 saturated heterocycles. The van der Waals surface area contributed by atoms with Gasteiger partial charge in [-0.2, -0.15) is 0 Å². The fourth-order valence-electron chi connectivity index (χ4n) is 4.21. The second kappa shape index (κ2) is 6.90. The summed E-state index contributed by atoms with van der Waals surface area (Å²) in [6, 6.07) is 4.12. The zero-order valence-corrected chi connectivity index (χ0v) is 16.0. The molecule has 2 aromatic rings. The van der Waals surface area contributed by atoms with E-state index in [0.29, 0.717) is 5.82 Å². The van der Waals surface area contributed by atoms with Crippen molar-refractivity contribution in [3.8, 4) is 0 Å². The molecule has 1 unspecified atom stereocenters. The van der Waals surface area contributed by atoms with E-state index in [1.807, 2.05) is 4.90 Å². The van der Waals surface area contributed by atoms with Crippen LogP contribution < -0.4 is 20.0 Å². The Labute approximate surface area is 164 Å². The predicted molar refractivity (Wildman–Crippen MR) is 108 cm³/mol. The Bertz CT molecular complexity index is 867.